The predicted octanol–water partition coefficient (Wildman–Crippen LogP) is 3.11. The molecule has 2 aromatic rings. The van der Waals surface area contributed by atoms with Gasteiger partial charge >= 0.3 is 0 Å². The van der Waals surface area contributed by atoms with Gasteiger partial charge in [0.25, 0.3) is 0 Å². The number of allylic oxidation sites excluding steroid dienone is 1. The zero-order valence-corrected chi connectivity index (χ0v) is 11.5. The lowest BCUT2D eigenvalue weighted by atomic mass is 10.1. The summed E-state index contributed by atoms with van der Waals surface area (Å²) in [6, 6.07) is 4.52. The van der Waals surface area contributed by atoms with Gasteiger partial charge in [0.05, 0.1) is 5.52 Å². The van der Waals surface area contributed by atoms with Gasteiger partial charge in [-0.05, 0) is 31.0 Å². The third kappa shape index (κ3) is 2.33. The summed E-state index contributed by atoms with van der Waals surface area (Å²) >= 11 is 0. The van der Waals surface area contributed by atoms with Gasteiger partial charge in [-0.25, -0.2) is 4.39 Å². The molecule has 1 aromatic heterocycles. The van der Waals surface area contributed by atoms with Crippen molar-refractivity contribution >= 4 is 16.7 Å². The molecule has 0 unspecified atom stereocenters. The van der Waals surface area contributed by atoms with E-state index in [1.54, 1.807) is 22.9 Å². The van der Waals surface area contributed by atoms with E-state index in [-0.39, 0.29) is 11.6 Å². The van der Waals surface area contributed by atoms with Crippen LogP contribution in [0.15, 0.2) is 36.7 Å². The Kier molecular flexibility index (Phi) is 3.30. The van der Waals surface area contributed by atoms with Crippen LogP contribution in [0.1, 0.15) is 23.2 Å². The highest BCUT2D eigenvalue weighted by atomic mass is 19.1. The first-order valence-electron chi connectivity index (χ1n) is 6.86. The molecule has 1 aliphatic heterocycles. The summed E-state index contributed by atoms with van der Waals surface area (Å²) in [5, 5.41) is 0.796. The van der Waals surface area contributed by atoms with Crippen molar-refractivity contribution in [1.29, 1.82) is 0 Å². The zero-order chi connectivity index (χ0) is 14.1. The number of hydrogen-bond donors (Lipinski definition) is 0. The molecule has 0 N–H and O–H groups in total. The van der Waals surface area contributed by atoms with Gasteiger partial charge in [0.15, 0.2) is 5.78 Å². The van der Waals surface area contributed by atoms with Crippen molar-refractivity contribution in [3.8, 4) is 0 Å². The molecule has 0 saturated carbocycles. The van der Waals surface area contributed by atoms with Gasteiger partial charge in [-0.3, -0.25) is 4.79 Å². The van der Waals surface area contributed by atoms with Gasteiger partial charge in [-0.1, -0.05) is 0 Å². The monoisotopic (exact) mass is 272 g/mol. The van der Waals surface area contributed by atoms with Crippen LogP contribution in [0.2, 0.25) is 0 Å². The summed E-state index contributed by atoms with van der Waals surface area (Å²) in [5.41, 5.74) is 1.36. The van der Waals surface area contributed by atoms with Crippen LogP contribution in [0.3, 0.4) is 0 Å². The molecule has 3 nitrogen and oxygen atoms in total. The zero-order valence-electron chi connectivity index (χ0n) is 11.5. The lowest BCUT2D eigenvalue weighted by Gasteiger charge is -2.09. The Labute approximate surface area is 117 Å². The van der Waals surface area contributed by atoms with Gasteiger partial charge < -0.3 is 9.47 Å². The fourth-order valence-corrected chi connectivity index (χ4v) is 2.71. The third-order valence-corrected chi connectivity index (χ3v) is 3.80. The van der Waals surface area contributed by atoms with E-state index in [0.29, 0.717) is 5.56 Å². The molecule has 0 spiro atoms. The maximum absolute atomic E-state index is 13.3. The van der Waals surface area contributed by atoms with E-state index in [1.165, 1.54) is 25.0 Å². The smallest absolute Gasteiger partial charge is 0.189 e. The second-order valence-corrected chi connectivity index (χ2v) is 5.24. The second-order valence-electron chi connectivity index (χ2n) is 5.24. The molecule has 2 heterocycles. The number of ketones is 1. The van der Waals surface area contributed by atoms with Crippen LogP contribution in [0.5, 0.6) is 0 Å². The van der Waals surface area contributed by atoms with E-state index in [9.17, 15) is 9.18 Å². The van der Waals surface area contributed by atoms with Crippen LogP contribution >= 0.6 is 0 Å². The highest BCUT2D eigenvalue weighted by Crippen LogP contribution is 2.22. The van der Waals surface area contributed by atoms with E-state index in [2.05, 4.69) is 4.90 Å². The average Bonchev–Trinajstić information content (AvgIpc) is 3.05. The van der Waals surface area contributed by atoms with Crippen molar-refractivity contribution in [3.63, 3.8) is 0 Å². The third-order valence-electron chi connectivity index (χ3n) is 3.80. The molecule has 0 atom stereocenters. The molecule has 0 radical (unpaired) electrons. The summed E-state index contributed by atoms with van der Waals surface area (Å²) in [7, 11) is 1.82. The predicted molar refractivity (Wildman–Crippen MR) is 77.2 cm³/mol. The Balaban J connectivity index is 1.91. The number of carbonyl (C=O) groups excluding carboxylic acids is 1. The normalized spacial score (nSPS) is 15.6. The minimum atomic E-state index is -0.287. The highest BCUT2D eigenvalue weighted by molar-refractivity contribution is 6.13. The second kappa shape index (κ2) is 5.12. The number of halogens is 1. The fourth-order valence-electron chi connectivity index (χ4n) is 2.71. The number of likely N-dealkylation sites (tertiary alicyclic amines) is 1. The molecular weight excluding hydrogens is 255 g/mol. The summed E-state index contributed by atoms with van der Waals surface area (Å²) in [6.45, 7) is 2.04. The van der Waals surface area contributed by atoms with Crippen LogP contribution in [0, 0.1) is 5.82 Å². The van der Waals surface area contributed by atoms with Crippen molar-refractivity contribution in [1.82, 2.24) is 9.47 Å². The summed E-state index contributed by atoms with van der Waals surface area (Å²) < 4.78 is 15.0. The topological polar surface area (TPSA) is 25.2 Å². The number of fused-ring (bicyclic) bond motifs is 1. The maximum Gasteiger partial charge on any atom is 0.189 e. The van der Waals surface area contributed by atoms with Crippen molar-refractivity contribution in [2.75, 3.05) is 13.1 Å². The number of aromatic nitrogens is 1. The largest absolute Gasteiger partial charge is 0.377 e. The SMILES string of the molecule is Cn1cc(C(=O)/C=C/N2CCCC2)c2ccc(F)cc21. The molecule has 1 fully saturated rings. The lowest BCUT2D eigenvalue weighted by molar-refractivity contribution is 0.104. The van der Waals surface area contributed by atoms with Gasteiger partial charge in [0.2, 0.25) is 0 Å². The Morgan fingerprint density at radius 2 is 2.05 bits per heavy atom. The molecule has 0 aliphatic carbocycles. The van der Waals surface area contributed by atoms with Gasteiger partial charge in [-0.15, -0.1) is 0 Å². The summed E-state index contributed by atoms with van der Waals surface area (Å²) in [4.78, 5) is 14.4. The maximum atomic E-state index is 13.3. The quantitative estimate of drug-likeness (QED) is 0.633. The van der Waals surface area contributed by atoms with Crippen LogP contribution in [-0.4, -0.2) is 28.3 Å². The molecule has 20 heavy (non-hydrogen) atoms. The molecule has 104 valence electrons. The Hall–Kier alpha value is -2.10. The first-order valence-corrected chi connectivity index (χ1v) is 6.86. The number of rotatable bonds is 3. The Bertz CT molecular complexity index is 681. The fraction of sp³-hybridized carbons (Fsp3) is 0.312. The van der Waals surface area contributed by atoms with E-state index in [1.807, 2.05) is 13.2 Å². The molecule has 4 heteroatoms. The number of aryl methyl sites for hydroxylation is 1. The number of hydrogen-bond acceptors (Lipinski definition) is 2. The van der Waals surface area contributed by atoms with Gasteiger partial charge in [-0.2, -0.15) is 0 Å². The average molecular weight is 272 g/mol. The van der Waals surface area contributed by atoms with E-state index < -0.39 is 0 Å². The molecule has 1 saturated heterocycles. The molecule has 0 bridgehead atoms. The van der Waals surface area contributed by atoms with Crippen LogP contribution in [0.4, 0.5) is 4.39 Å². The van der Waals surface area contributed by atoms with E-state index >= 15 is 0 Å². The number of carbonyl (C=O) groups is 1. The van der Waals surface area contributed by atoms with E-state index in [0.717, 1.165) is 24.0 Å². The lowest BCUT2D eigenvalue weighted by Crippen LogP contribution is -2.11. The minimum absolute atomic E-state index is 0.0332. The van der Waals surface area contributed by atoms with Crippen LogP contribution in [0.25, 0.3) is 10.9 Å². The van der Waals surface area contributed by atoms with Crippen LogP contribution < -0.4 is 0 Å². The Morgan fingerprint density at radius 3 is 2.80 bits per heavy atom. The first-order chi connectivity index (χ1) is 9.65. The van der Waals surface area contributed by atoms with Crippen molar-refractivity contribution in [2.45, 2.75) is 12.8 Å². The van der Waals surface area contributed by atoms with Gasteiger partial charge in [0, 0.05) is 49.6 Å². The minimum Gasteiger partial charge on any atom is -0.377 e. The standard InChI is InChI=1S/C16H17FN2O/c1-18-11-14(13-5-4-12(17)10-15(13)18)16(20)6-9-19-7-2-3-8-19/h4-6,9-11H,2-3,7-8H2,1H3/b9-6+. The Morgan fingerprint density at radius 1 is 1.30 bits per heavy atom. The molecule has 3 rings (SSSR count). The van der Waals surface area contributed by atoms with Crippen LogP contribution in [-0.2, 0) is 7.05 Å². The van der Waals surface area contributed by atoms with E-state index in [4.69, 9.17) is 0 Å². The number of nitrogens with zero attached hydrogens (tertiary/aromatic N) is 2. The molecular formula is C16H17FN2O. The van der Waals surface area contributed by atoms with Crippen molar-refractivity contribution in [2.24, 2.45) is 7.05 Å². The highest BCUT2D eigenvalue weighted by Gasteiger charge is 2.13. The molecule has 1 aliphatic rings. The summed E-state index contributed by atoms with van der Waals surface area (Å²) in [5.74, 6) is -0.320. The van der Waals surface area contributed by atoms with Crippen molar-refractivity contribution in [3.05, 3.63) is 48.1 Å². The number of benzene rings is 1. The summed E-state index contributed by atoms with van der Waals surface area (Å²) in [6.07, 6.45) is 7.63. The molecule has 0 amide bonds. The van der Waals surface area contributed by atoms with Crippen molar-refractivity contribution < 1.29 is 9.18 Å². The molecule has 1 aromatic carbocycles. The van der Waals surface area contributed by atoms with Gasteiger partial charge in [0.1, 0.15) is 5.82 Å². The first kappa shape index (κ1) is 12.9.